The van der Waals surface area contributed by atoms with E-state index in [2.05, 4.69) is 20.2 Å². The number of amides is 1. The summed E-state index contributed by atoms with van der Waals surface area (Å²) in [6.45, 7) is 11.8. The van der Waals surface area contributed by atoms with Crippen LogP contribution in [0.2, 0.25) is 0 Å². The van der Waals surface area contributed by atoms with Crippen LogP contribution in [0.5, 0.6) is 0 Å². The molecule has 1 fully saturated rings. The van der Waals surface area contributed by atoms with Crippen LogP contribution in [0.15, 0.2) is 12.1 Å². The van der Waals surface area contributed by atoms with Gasteiger partial charge in [0.2, 0.25) is 0 Å². The van der Waals surface area contributed by atoms with Gasteiger partial charge in [-0.1, -0.05) is 6.92 Å². The van der Waals surface area contributed by atoms with Gasteiger partial charge in [-0.2, -0.15) is 4.52 Å². The van der Waals surface area contributed by atoms with Gasteiger partial charge in [0.05, 0.1) is 0 Å². The Balaban J connectivity index is 1.73. The molecule has 0 radical (unpaired) electrons. The van der Waals surface area contributed by atoms with Crippen molar-refractivity contribution in [2.75, 3.05) is 24.5 Å². The molecule has 1 saturated heterocycles. The number of ether oxygens (including phenoxy) is 1. The highest BCUT2D eigenvalue weighted by molar-refractivity contribution is 5.69. The van der Waals surface area contributed by atoms with Crippen molar-refractivity contribution in [3.63, 3.8) is 0 Å². The summed E-state index contributed by atoms with van der Waals surface area (Å²) in [5.41, 5.74) is 0.270. The molecule has 0 bridgehead atoms. The van der Waals surface area contributed by atoms with Crippen molar-refractivity contribution in [3.05, 3.63) is 18.0 Å². The summed E-state index contributed by atoms with van der Waals surface area (Å²) >= 11 is 0. The quantitative estimate of drug-likeness (QED) is 0.829. The molecular formula is C17H26N6O2. The monoisotopic (exact) mass is 346 g/mol. The summed E-state index contributed by atoms with van der Waals surface area (Å²) in [6, 6.07) is 3.94. The van der Waals surface area contributed by atoms with E-state index in [1.54, 1.807) is 9.42 Å². The second-order valence-corrected chi connectivity index (χ2v) is 7.40. The van der Waals surface area contributed by atoms with Crippen LogP contribution in [0.4, 0.5) is 10.6 Å². The van der Waals surface area contributed by atoms with Crippen LogP contribution in [0, 0.1) is 0 Å². The molecule has 2 aromatic heterocycles. The van der Waals surface area contributed by atoms with E-state index in [-0.39, 0.29) is 12.1 Å². The molecule has 8 heteroatoms. The molecule has 0 unspecified atom stereocenters. The lowest BCUT2D eigenvalue weighted by molar-refractivity contribution is 0.0158. The Morgan fingerprint density at radius 2 is 2.04 bits per heavy atom. The van der Waals surface area contributed by atoms with Crippen LogP contribution < -0.4 is 4.90 Å². The first kappa shape index (κ1) is 17.4. The Kier molecular flexibility index (Phi) is 4.53. The molecule has 1 aliphatic rings. The zero-order valence-corrected chi connectivity index (χ0v) is 15.6. The minimum atomic E-state index is -0.481. The highest BCUT2D eigenvalue weighted by atomic mass is 16.6. The zero-order chi connectivity index (χ0) is 18.2. The number of hydrogen-bond acceptors (Lipinski definition) is 6. The van der Waals surface area contributed by atoms with E-state index in [1.807, 2.05) is 46.8 Å². The number of nitrogens with zero attached hydrogens (tertiary/aromatic N) is 6. The van der Waals surface area contributed by atoms with Gasteiger partial charge < -0.3 is 14.5 Å². The molecule has 1 atom stereocenters. The van der Waals surface area contributed by atoms with Crippen LogP contribution in [-0.4, -0.2) is 62.1 Å². The van der Waals surface area contributed by atoms with E-state index in [1.165, 1.54) is 0 Å². The molecule has 1 amide bonds. The summed E-state index contributed by atoms with van der Waals surface area (Å²) < 4.78 is 7.29. The molecule has 0 N–H and O–H groups in total. The van der Waals surface area contributed by atoms with Crippen LogP contribution in [0.1, 0.15) is 40.4 Å². The molecule has 136 valence electrons. The number of carbonyl (C=O) groups is 1. The normalized spacial score (nSPS) is 18.7. The number of aryl methyl sites for hydroxylation is 1. The van der Waals surface area contributed by atoms with Gasteiger partial charge in [0, 0.05) is 32.1 Å². The van der Waals surface area contributed by atoms with E-state index in [9.17, 15) is 4.79 Å². The van der Waals surface area contributed by atoms with Crippen molar-refractivity contribution >= 4 is 17.6 Å². The molecule has 3 rings (SSSR count). The molecule has 8 nitrogen and oxygen atoms in total. The first-order valence-corrected chi connectivity index (χ1v) is 8.74. The summed E-state index contributed by atoms with van der Waals surface area (Å²) in [4.78, 5) is 16.3. The SMILES string of the molecule is CCc1nnc2ccc(N3CCN(C(=O)OC(C)(C)C)[C@H](C)C3)nn12. The lowest BCUT2D eigenvalue weighted by atomic mass is 10.2. The van der Waals surface area contributed by atoms with E-state index < -0.39 is 5.60 Å². The minimum absolute atomic E-state index is 0.0488. The average molecular weight is 346 g/mol. The van der Waals surface area contributed by atoms with E-state index in [0.717, 1.165) is 23.7 Å². The van der Waals surface area contributed by atoms with Gasteiger partial charge in [0.25, 0.3) is 0 Å². The molecule has 1 aliphatic heterocycles. The Morgan fingerprint density at radius 3 is 2.68 bits per heavy atom. The standard InChI is InChI=1S/C17H26N6O2/c1-6-13-18-19-14-7-8-15(20-23(13)14)21-9-10-22(12(2)11-21)16(24)25-17(3,4)5/h7-8,12H,6,9-11H2,1-5H3/t12-/m1/s1. The Labute approximate surface area is 147 Å². The second-order valence-electron chi connectivity index (χ2n) is 7.40. The highest BCUT2D eigenvalue weighted by Gasteiger charge is 2.31. The predicted octanol–water partition coefficient (Wildman–Crippen LogP) is 2.13. The van der Waals surface area contributed by atoms with Gasteiger partial charge >= 0.3 is 6.09 Å². The summed E-state index contributed by atoms with van der Waals surface area (Å²) in [7, 11) is 0. The van der Waals surface area contributed by atoms with Crippen molar-refractivity contribution in [1.29, 1.82) is 0 Å². The molecule has 0 saturated carbocycles. The fourth-order valence-electron chi connectivity index (χ4n) is 2.97. The molecule has 3 heterocycles. The third-order valence-corrected chi connectivity index (χ3v) is 4.21. The van der Waals surface area contributed by atoms with Gasteiger partial charge in [0.15, 0.2) is 11.5 Å². The van der Waals surface area contributed by atoms with Crippen molar-refractivity contribution in [1.82, 2.24) is 24.7 Å². The second kappa shape index (κ2) is 6.50. The maximum absolute atomic E-state index is 12.3. The van der Waals surface area contributed by atoms with Crippen molar-refractivity contribution in [2.24, 2.45) is 0 Å². The number of anilines is 1. The molecule has 0 aliphatic carbocycles. The van der Waals surface area contributed by atoms with E-state index in [0.29, 0.717) is 19.6 Å². The first-order chi connectivity index (χ1) is 11.8. The predicted molar refractivity (Wildman–Crippen MR) is 94.8 cm³/mol. The average Bonchev–Trinajstić information content (AvgIpc) is 2.95. The molecule has 0 spiro atoms. The fraction of sp³-hybridized carbons (Fsp3) is 0.647. The molecular weight excluding hydrogens is 320 g/mol. The maximum atomic E-state index is 12.3. The number of hydrogen-bond donors (Lipinski definition) is 0. The van der Waals surface area contributed by atoms with Crippen LogP contribution in [-0.2, 0) is 11.2 Å². The molecule has 0 aromatic carbocycles. The summed E-state index contributed by atoms with van der Waals surface area (Å²) in [5, 5.41) is 12.9. The summed E-state index contributed by atoms with van der Waals surface area (Å²) in [5.74, 6) is 1.72. The molecule has 25 heavy (non-hydrogen) atoms. The molecule has 2 aromatic rings. The lowest BCUT2D eigenvalue weighted by Crippen LogP contribution is -2.55. The fourth-order valence-corrected chi connectivity index (χ4v) is 2.97. The Hall–Kier alpha value is -2.38. The van der Waals surface area contributed by atoms with Gasteiger partial charge in [0.1, 0.15) is 11.4 Å². The zero-order valence-electron chi connectivity index (χ0n) is 15.6. The van der Waals surface area contributed by atoms with E-state index in [4.69, 9.17) is 4.74 Å². The first-order valence-electron chi connectivity index (χ1n) is 8.74. The number of fused-ring (bicyclic) bond motifs is 1. The van der Waals surface area contributed by atoms with Gasteiger partial charge in [-0.25, -0.2) is 4.79 Å². The van der Waals surface area contributed by atoms with Gasteiger partial charge in [-0.3, -0.25) is 0 Å². The van der Waals surface area contributed by atoms with Crippen LogP contribution >= 0.6 is 0 Å². The summed E-state index contributed by atoms with van der Waals surface area (Å²) in [6.07, 6.45) is 0.524. The van der Waals surface area contributed by atoms with Crippen LogP contribution in [0.3, 0.4) is 0 Å². The number of piperazine rings is 1. The van der Waals surface area contributed by atoms with Gasteiger partial charge in [-0.15, -0.1) is 15.3 Å². The van der Waals surface area contributed by atoms with Crippen LogP contribution in [0.25, 0.3) is 5.65 Å². The minimum Gasteiger partial charge on any atom is -0.444 e. The van der Waals surface area contributed by atoms with E-state index >= 15 is 0 Å². The number of aromatic nitrogens is 4. The Bertz CT molecular complexity index is 766. The number of rotatable bonds is 2. The maximum Gasteiger partial charge on any atom is 0.410 e. The smallest absolute Gasteiger partial charge is 0.410 e. The van der Waals surface area contributed by atoms with Crippen molar-refractivity contribution < 1.29 is 9.53 Å². The Morgan fingerprint density at radius 1 is 1.28 bits per heavy atom. The highest BCUT2D eigenvalue weighted by Crippen LogP contribution is 2.20. The van der Waals surface area contributed by atoms with Crippen molar-refractivity contribution in [2.45, 2.75) is 52.7 Å². The largest absolute Gasteiger partial charge is 0.444 e. The third kappa shape index (κ3) is 3.67. The topological polar surface area (TPSA) is 75.9 Å². The van der Waals surface area contributed by atoms with Crippen molar-refractivity contribution in [3.8, 4) is 0 Å². The third-order valence-electron chi connectivity index (χ3n) is 4.21. The lowest BCUT2D eigenvalue weighted by Gasteiger charge is -2.40. The number of carbonyl (C=O) groups excluding carboxylic acids is 1. The van der Waals surface area contributed by atoms with Gasteiger partial charge in [-0.05, 0) is 39.8 Å².